The van der Waals surface area contributed by atoms with Crippen molar-refractivity contribution in [3.05, 3.63) is 186 Å². The van der Waals surface area contributed by atoms with Crippen molar-refractivity contribution in [3.63, 3.8) is 0 Å². The minimum Gasteiger partial charge on any atom is -0.407 e. The summed E-state index contributed by atoms with van der Waals surface area (Å²) in [5, 5.41) is 32.4. The number of nitriles is 1. The van der Waals surface area contributed by atoms with E-state index in [9.17, 15) is 25.5 Å². The predicted octanol–water partition coefficient (Wildman–Crippen LogP) is 12.3. The molecule has 0 saturated carbocycles. The van der Waals surface area contributed by atoms with Gasteiger partial charge in [0.2, 0.25) is 0 Å². The molecule has 64 heavy (non-hydrogen) atoms. The highest BCUT2D eigenvalue weighted by Gasteiger charge is 2.34. The average molecular weight is 920 g/mol. The molecule has 0 atom stereocenters. The lowest BCUT2D eigenvalue weighted by Crippen LogP contribution is -2.47. The van der Waals surface area contributed by atoms with Crippen LogP contribution in [0.25, 0.3) is 16.0 Å². The van der Waals surface area contributed by atoms with Crippen molar-refractivity contribution >= 4 is 68.3 Å². The number of benzene rings is 6. The first kappa shape index (κ1) is 46.7. The van der Waals surface area contributed by atoms with Crippen molar-refractivity contribution < 1.29 is 19.2 Å². The third-order valence-corrected chi connectivity index (χ3v) is 11.5. The SMILES string of the molecule is C.N#Cc1ccccc1-c1ccc(N2CCCc3ccccc32)c([N+](=O)[O-])c1.O=[N+]([O-])c1cc(Br)ccc1N1CCCc2ccccc21.[C-]#[N+]c1ccccc1B1OCC(C)(C)CO1. The molecular weight excluding hydrogens is 871 g/mol. The Morgan fingerprint density at radius 3 is 1.81 bits per heavy atom. The smallest absolute Gasteiger partial charge is 0.407 e. The number of hydrogen-bond acceptors (Lipinski definition) is 9. The zero-order valence-corrected chi connectivity index (χ0v) is 36.5. The highest BCUT2D eigenvalue weighted by Crippen LogP contribution is 2.42. The van der Waals surface area contributed by atoms with Gasteiger partial charge in [-0.3, -0.25) is 20.2 Å². The number of para-hydroxylation sites is 3. The second-order valence-corrected chi connectivity index (χ2v) is 17.0. The van der Waals surface area contributed by atoms with Crippen molar-refractivity contribution in [1.82, 2.24) is 0 Å². The molecule has 0 N–H and O–H groups in total. The Bertz CT molecular complexity index is 2730. The summed E-state index contributed by atoms with van der Waals surface area (Å²) >= 11 is 3.30. The standard InChI is InChI=1S/C22H17N3O2.C15H13BrN2O2.C12H14BNO2.CH4/c23-15-18-7-1-3-9-19(18)17-11-12-21(22(14-17)25(26)27)24-13-5-8-16-6-2-4-10-20(16)24;16-12-7-8-14(15(10-12)18(19)20)17-9-3-5-11-4-1-2-6-13(11)17;1-12(2)8-15-13(16-9-12)10-6-4-5-7-11(10)14-3;/h1-4,6-7,9-12,14H,5,8,13H2;1-2,4,6-8,10H,3,5,9H2;4-7H,8-9H2,1-2H3;1H4. The van der Waals surface area contributed by atoms with E-state index in [0.717, 1.165) is 60.1 Å². The molecule has 3 heterocycles. The minimum absolute atomic E-state index is 0. The van der Waals surface area contributed by atoms with Gasteiger partial charge in [0, 0.05) is 59.7 Å². The quantitative estimate of drug-likeness (QED) is 0.0691. The van der Waals surface area contributed by atoms with E-state index >= 15 is 0 Å². The maximum atomic E-state index is 11.8. The maximum absolute atomic E-state index is 11.8. The fourth-order valence-electron chi connectivity index (χ4n) is 8.00. The Kier molecular flexibility index (Phi) is 15.3. The molecule has 1 fully saturated rings. The molecule has 3 aliphatic rings. The number of nitro benzene ring substituents is 2. The monoisotopic (exact) mass is 918 g/mol. The molecule has 0 bridgehead atoms. The molecule has 14 heteroatoms. The summed E-state index contributed by atoms with van der Waals surface area (Å²) < 4.78 is 12.0. The molecule has 6 aromatic rings. The number of rotatable bonds is 6. The van der Waals surface area contributed by atoms with Crippen molar-refractivity contribution in [2.75, 3.05) is 36.1 Å². The first-order chi connectivity index (χ1) is 30.5. The molecule has 1 saturated heterocycles. The topological polar surface area (TPSA) is 139 Å². The van der Waals surface area contributed by atoms with Crippen LogP contribution in [0.3, 0.4) is 0 Å². The minimum atomic E-state index is -0.390. The molecule has 0 spiro atoms. The van der Waals surface area contributed by atoms with Gasteiger partial charge in [0.25, 0.3) is 11.4 Å². The first-order valence-electron chi connectivity index (χ1n) is 20.6. The Labute approximate surface area is 383 Å². The molecule has 0 unspecified atom stereocenters. The molecule has 0 aliphatic carbocycles. The second kappa shape index (κ2) is 21.0. The van der Waals surface area contributed by atoms with Crippen LogP contribution in [-0.4, -0.2) is 43.3 Å². The number of nitrogens with zero attached hydrogens (tertiary/aromatic N) is 6. The molecule has 0 amide bonds. The summed E-state index contributed by atoms with van der Waals surface area (Å²) in [4.78, 5) is 30.0. The van der Waals surface area contributed by atoms with Crippen LogP contribution in [-0.2, 0) is 22.2 Å². The van der Waals surface area contributed by atoms with Crippen LogP contribution in [0, 0.1) is 43.5 Å². The number of anilines is 4. The lowest BCUT2D eigenvalue weighted by Gasteiger charge is -2.33. The molecule has 12 nitrogen and oxygen atoms in total. The summed E-state index contributed by atoms with van der Waals surface area (Å²) in [6.45, 7) is 14.2. The van der Waals surface area contributed by atoms with Gasteiger partial charge in [0.1, 0.15) is 11.4 Å². The second-order valence-electron chi connectivity index (χ2n) is 16.1. The van der Waals surface area contributed by atoms with E-state index in [1.165, 1.54) is 11.1 Å². The predicted molar refractivity (Wildman–Crippen MR) is 258 cm³/mol. The highest BCUT2D eigenvalue weighted by molar-refractivity contribution is 9.10. The van der Waals surface area contributed by atoms with Gasteiger partial charge in [-0.2, -0.15) is 5.26 Å². The van der Waals surface area contributed by atoms with Gasteiger partial charge in [0.05, 0.1) is 28.1 Å². The zero-order chi connectivity index (χ0) is 44.5. The fourth-order valence-corrected chi connectivity index (χ4v) is 8.35. The lowest BCUT2D eigenvalue weighted by molar-refractivity contribution is -0.384. The molecular formula is C50H48BBrN6O6. The summed E-state index contributed by atoms with van der Waals surface area (Å²) in [7, 11) is -0.390. The number of nitro groups is 2. The third-order valence-electron chi connectivity index (χ3n) is 11.0. The van der Waals surface area contributed by atoms with Crippen molar-refractivity contribution in [1.29, 1.82) is 5.26 Å². The van der Waals surface area contributed by atoms with Crippen LogP contribution in [0.2, 0.25) is 0 Å². The van der Waals surface area contributed by atoms with Gasteiger partial charge < -0.3 is 19.1 Å². The van der Waals surface area contributed by atoms with Gasteiger partial charge in [-0.1, -0.05) is 122 Å². The number of fused-ring (bicyclic) bond motifs is 2. The number of aryl methyl sites for hydroxylation is 2. The van der Waals surface area contributed by atoms with Crippen LogP contribution < -0.4 is 15.3 Å². The third kappa shape index (κ3) is 10.7. The van der Waals surface area contributed by atoms with Gasteiger partial charge in [0.15, 0.2) is 5.69 Å². The van der Waals surface area contributed by atoms with Crippen LogP contribution in [0.5, 0.6) is 0 Å². The van der Waals surface area contributed by atoms with Gasteiger partial charge in [-0.05, 0) is 89.8 Å². The van der Waals surface area contributed by atoms with Gasteiger partial charge >= 0.3 is 7.12 Å². The Hall–Kier alpha value is -6.84. The molecule has 324 valence electrons. The van der Waals surface area contributed by atoms with E-state index in [4.69, 9.17) is 15.9 Å². The van der Waals surface area contributed by atoms with E-state index < -0.39 is 7.12 Å². The molecule has 0 aromatic heterocycles. The van der Waals surface area contributed by atoms with Crippen molar-refractivity contribution in [2.45, 2.75) is 47.0 Å². The van der Waals surface area contributed by atoms with E-state index in [0.29, 0.717) is 47.0 Å². The number of hydrogen-bond donors (Lipinski definition) is 0. The van der Waals surface area contributed by atoms with Crippen LogP contribution in [0.1, 0.15) is 50.8 Å². The van der Waals surface area contributed by atoms with E-state index in [1.54, 1.807) is 36.4 Å². The van der Waals surface area contributed by atoms with E-state index in [2.05, 4.69) is 52.8 Å². The van der Waals surface area contributed by atoms with Crippen LogP contribution in [0.15, 0.2) is 138 Å². The Morgan fingerprint density at radius 1 is 0.719 bits per heavy atom. The summed E-state index contributed by atoms with van der Waals surface area (Å²) in [6, 6.07) is 43.3. The summed E-state index contributed by atoms with van der Waals surface area (Å²) in [5.74, 6) is 0. The largest absolute Gasteiger partial charge is 0.482 e. The van der Waals surface area contributed by atoms with Crippen LogP contribution >= 0.6 is 15.9 Å². The Morgan fingerprint density at radius 2 is 1.23 bits per heavy atom. The lowest BCUT2D eigenvalue weighted by atomic mass is 9.75. The van der Waals surface area contributed by atoms with Crippen LogP contribution in [0.4, 0.5) is 39.8 Å². The van der Waals surface area contributed by atoms with Crippen molar-refractivity contribution in [2.24, 2.45) is 5.41 Å². The van der Waals surface area contributed by atoms with E-state index in [1.807, 2.05) is 94.7 Å². The summed E-state index contributed by atoms with van der Waals surface area (Å²) in [5.41, 5.74) is 9.35. The molecule has 9 rings (SSSR count). The Balaban J connectivity index is 0.000000164. The number of halogens is 1. The fraction of sp³-hybridized carbons (Fsp3) is 0.240. The zero-order valence-electron chi connectivity index (χ0n) is 34.9. The van der Waals surface area contributed by atoms with Gasteiger partial charge in [-0.25, -0.2) is 4.85 Å². The molecule has 6 aromatic carbocycles. The average Bonchev–Trinajstić information content (AvgIpc) is 3.31. The summed E-state index contributed by atoms with van der Waals surface area (Å²) in [6.07, 6.45) is 3.96. The van der Waals surface area contributed by atoms with Gasteiger partial charge in [-0.15, -0.1) is 0 Å². The normalized spacial score (nSPS) is 14.6. The van der Waals surface area contributed by atoms with Crippen molar-refractivity contribution in [3.8, 4) is 17.2 Å². The first-order valence-corrected chi connectivity index (χ1v) is 21.4. The highest BCUT2D eigenvalue weighted by atomic mass is 79.9. The molecule has 3 aliphatic heterocycles. The van der Waals surface area contributed by atoms with E-state index in [-0.39, 0.29) is 34.1 Å². The molecule has 0 radical (unpaired) electrons. The maximum Gasteiger partial charge on any atom is 0.482 e.